The van der Waals surface area contributed by atoms with E-state index in [0.717, 1.165) is 41.4 Å². The van der Waals surface area contributed by atoms with Gasteiger partial charge in [0, 0.05) is 17.7 Å². The molecule has 0 radical (unpaired) electrons. The molecule has 20 heavy (non-hydrogen) atoms. The van der Waals surface area contributed by atoms with Gasteiger partial charge in [-0.1, -0.05) is 18.5 Å². The molecule has 1 aromatic rings. The molecule has 4 nitrogen and oxygen atoms in total. The molecule has 0 aliphatic heterocycles. The monoisotopic (exact) mass is 314 g/mol. The summed E-state index contributed by atoms with van der Waals surface area (Å²) < 4.78 is 4.76. The summed E-state index contributed by atoms with van der Waals surface area (Å²) in [6, 6.07) is 0. The van der Waals surface area contributed by atoms with Crippen LogP contribution >= 0.6 is 23.4 Å². The summed E-state index contributed by atoms with van der Waals surface area (Å²) in [5, 5.41) is 1.45. The zero-order valence-electron chi connectivity index (χ0n) is 12.0. The average Bonchev–Trinajstić information content (AvgIpc) is 3.20. The highest BCUT2D eigenvalue weighted by atomic mass is 35.5. The maximum absolute atomic E-state index is 11.4. The molecule has 1 aliphatic rings. The number of halogens is 1. The molecule has 0 N–H and O–H groups in total. The van der Waals surface area contributed by atoms with Crippen molar-refractivity contribution in [2.75, 3.05) is 12.9 Å². The maximum Gasteiger partial charge on any atom is 0.306 e. The molecule has 110 valence electrons. The Morgan fingerprint density at radius 3 is 2.70 bits per heavy atom. The minimum Gasteiger partial charge on any atom is -0.469 e. The number of ether oxygens (including phenoxy) is 1. The predicted molar refractivity (Wildman–Crippen MR) is 80.2 cm³/mol. The van der Waals surface area contributed by atoms with Gasteiger partial charge in [-0.3, -0.25) is 4.79 Å². The van der Waals surface area contributed by atoms with E-state index in [0.29, 0.717) is 11.6 Å². The van der Waals surface area contributed by atoms with Crippen LogP contribution in [-0.2, 0) is 16.0 Å². The lowest BCUT2D eigenvalue weighted by atomic mass is 10.1. The highest BCUT2D eigenvalue weighted by Gasteiger charge is 2.44. The van der Waals surface area contributed by atoms with Crippen LogP contribution in [0.15, 0.2) is 5.03 Å². The van der Waals surface area contributed by atoms with Gasteiger partial charge in [0.05, 0.1) is 13.5 Å². The van der Waals surface area contributed by atoms with Crippen molar-refractivity contribution < 1.29 is 9.53 Å². The van der Waals surface area contributed by atoms with E-state index in [1.165, 1.54) is 7.11 Å². The number of rotatable bonds is 6. The fraction of sp³-hybridized carbons (Fsp3) is 0.643. The van der Waals surface area contributed by atoms with Crippen molar-refractivity contribution in [3.05, 3.63) is 16.5 Å². The van der Waals surface area contributed by atoms with Crippen LogP contribution in [0.4, 0.5) is 0 Å². The average molecular weight is 315 g/mol. The molecular weight excluding hydrogens is 296 g/mol. The number of methoxy groups -OCH3 is 1. The normalized spacial score (nSPS) is 16.0. The van der Waals surface area contributed by atoms with Gasteiger partial charge >= 0.3 is 5.97 Å². The largest absolute Gasteiger partial charge is 0.469 e. The number of carbonyl (C=O) groups is 1. The molecule has 1 saturated carbocycles. The first-order chi connectivity index (χ1) is 9.49. The lowest BCUT2D eigenvalue weighted by Gasteiger charge is -2.14. The fourth-order valence-electron chi connectivity index (χ4n) is 1.96. The third-order valence-corrected chi connectivity index (χ3v) is 5.42. The van der Waals surface area contributed by atoms with Crippen LogP contribution < -0.4 is 0 Å². The minimum atomic E-state index is -0.130. The van der Waals surface area contributed by atoms with Crippen molar-refractivity contribution in [2.24, 2.45) is 5.41 Å². The second-order valence-corrected chi connectivity index (χ2v) is 6.58. The number of aromatic nitrogens is 2. The van der Waals surface area contributed by atoms with E-state index in [4.69, 9.17) is 16.3 Å². The lowest BCUT2D eigenvalue weighted by Crippen LogP contribution is -2.13. The van der Waals surface area contributed by atoms with Crippen LogP contribution in [0.3, 0.4) is 0 Å². The fourth-order valence-corrected chi connectivity index (χ4v) is 3.52. The van der Waals surface area contributed by atoms with Crippen molar-refractivity contribution in [1.29, 1.82) is 0 Å². The van der Waals surface area contributed by atoms with Gasteiger partial charge in [-0.15, -0.1) is 11.8 Å². The van der Waals surface area contributed by atoms with Gasteiger partial charge in [0.25, 0.3) is 0 Å². The van der Waals surface area contributed by atoms with Crippen LogP contribution in [-0.4, -0.2) is 28.8 Å². The first-order valence-corrected chi connectivity index (χ1v) is 8.08. The van der Waals surface area contributed by atoms with Crippen LogP contribution in [0, 0.1) is 12.3 Å². The zero-order valence-corrected chi connectivity index (χ0v) is 13.6. The van der Waals surface area contributed by atoms with E-state index < -0.39 is 0 Å². The Kier molecular flexibility index (Phi) is 4.91. The van der Waals surface area contributed by atoms with Gasteiger partial charge in [0.2, 0.25) is 0 Å². The van der Waals surface area contributed by atoms with Crippen LogP contribution in [0.2, 0.25) is 5.15 Å². The number of hydrogen-bond acceptors (Lipinski definition) is 5. The molecule has 0 bridgehead atoms. The van der Waals surface area contributed by atoms with Crippen molar-refractivity contribution in [2.45, 2.75) is 44.6 Å². The van der Waals surface area contributed by atoms with Crippen LogP contribution in [0.25, 0.3) is 0 Å². The third-order valence-electron chi connectivity index (χ3n) is 3.62. The van der Waals surface area contributed by atoms with E-state index in [1.54, 1.807) is 11.8 Å². The van der Waals surface area contributed by atoms with Crippen LogP contribution in [0.5, 0.6) is 0 Å². The molecule has 1 aliphatic carbocycles. The molecule has 0 spiro atoms. The minimum absolute atomic E-state index is 0.0913. The zero-order chi connectivity index (χ0) is 14.8. The van der Waals surface area contributed by atoms with Crippen molar-refractivity contribution in [1.82, 2.24) is 9.97 Å². The quantitative estimate of drug-likeness (QED) is 0.457. The highest BCUT2D eigenvalue weighted by molar-refractivity contribution is 7.99. The number of nitrogens with zero attached hydrogens (tertiary/aromatic N) is 2. The number of hydrogen-bond donors (Lipinski definition) is 0. The molecule has 0 saturated heterocycles. The van der Waals surface area contributed by atoms with Gasteiger partial charge in [0.15, 0.2) is 0 Å². The van der Waals surface area contributed by atoms with Gasteiger partial charge in [-0.25, -0.2) is 9.97 Å². The van der Waals surface area contributed by atoms with E-state index in [-0.39, 0.29) is 11.4 Å². The summed E-state index contributed by atoms with van der Waals surface area (Å²) in [5.74, 6) is 1.51. The Bertz CT molecular complexity index is 518. The van der Waals surface area contributed by atoms with E-state index >= 15 is 0 Å². The van der Waals surface area contributed by atoms with Gasteiger partial charge in [0.1, 0.15) is 16.0 Å². The topological polar surface area (TPSA) is 52.1 Å². The predicted octanol–water partition coefficient (Wildman–Crippen LogP) is 3.44. The van der Waals surface area contributed by atoms with Crippen molar-refractivity contribution >= 4 is 29.3 Å². The summed E-state index contributed by atoms with van der Waals surface area (Å²) in [7, 11) is 1.44. The number of carbonyl (C=O) groups excluding carboxylic acids is 1. The first-order valence-electron chi connectivity index (χ1n) is 6.72. The Hall–Kier alpha value is -0.810. The molecule has 1 fully saturated rings. The van der Waals surface area contributed by atoms with Crippen LogP contribution in [0.1, 0.15) is 37.6 Å². The highest BCUT2D eigenvalue weighted by Crippen LogP contribution is 2.52. The standard InChI is InChI=1S/C14H19ClN2O2S/c1-4-10-16-12(15)9(2)13(17-10)20-8-14(5-6-14)7-11(18)19-3/h4-8H2,1-3H3. The number of thioether (sulfide) groups is 1. The summed E-state index contributed by atoms with van der Waals surface area (Å²) in [6.07, 6.45) is 3.41. The van der Waals surface area contributed by atoms with E-state index in [1.807, 2.05) is 13.8 Å². The summed E-state index contributed by atoms with van der Waals surface area (Å²) in [4.78, 5) is 20.2. The summed E-state index contributed by atoms with van der Waals surface area (Å²) >= 11 is 7.80. The Morgan fingerprint density at radius 2 is 2.15 bits per heavy atom. The molecule has 0 aromatic carbocycles. The van der Waals surface area contributed by atoms with Crippen molar-refractivity contribution in [3.8, 4) is 0 Å². The summed E-state index contributed by atoms with van der Waals surface area (Å²) in [6.45, 7) is 3.94. The van der Waals surface area contributed by atoms with Gasteiger partial charge < -0.3 is 4.74 Å². The molecule has 2 rings (SSSR count). The Labute approximate surface area is 128 Å². The third kappa shape index (κ3) is 3.64. The van der Waals surface area contributed by atoms with Gasteiger partial charge in [-0.2, -0.15) is 0 Å². The van der Waals surface area contributed by atoms with E-state index in [2.05, 4.69) is 9.97 Å². The maximum atomic E-state index is 11.4. The molecule has 1 aromatic heterocycles. The SMILES string of the molecule is CCc1nc(Cl)c(C)c(SCC2(CC(=O)OC)CC2)n1. The van der Waals surface area contributed by atoms with Crippen molar-refractivity contribution in [3.63, 3.8) is 0 Å². The molecule has 1 heterocycles. The Morgan fingerprint density at radius 1 is 1.45 bits per heavy atom. The molecule has 0 unspecified atom stereocenters. The molecule has 0 atom stereocenters. The Balaban J connectivity index is 2.04. The molecule has 6 heteroatoms. The smallest absolute Gasteiger partial charge is 0.306 e. The summed E-state index contributed by atoms with van der Waals surface area (Å²) in [5.41, 5.74) is 1.01. The molecule has 0 amide bonds. The van der Waals surface area contributed by atoms with E-state index in [9.17, 15) is 4.79 Å². The second kappa shape index (κ2) is 6.31. The van der Waals surface area contributed by atoms with Gasteiger partial charge in [-0.05, 0) is 25.2 Å². The second-order valence-electron chi connectivity index (χ2n) is 5.26. The first kappa shape index (κ1) is 15.6. The number of aryl methyl sites for hydroxylation is 1. The lowest BCUT2D eigenvalue weighted by molar-refractivity contribution is -0.141. The molecular formula is C14H19ClN2O2S. The number of esters is 1.